The van der Waals surface area contributed by atoms with Crippen LogP contribution in [-0.2, 0) is 16.1 Å². The van der Waals surface area contributed by atoms with Crippen LogP contribution in [0.2, 0.25) is 0 Å². The molecule has 134 valence electrons. The van der Waals surface area contributed by atoms with Gasteiger partial charge in [-0.3, -0.25) is 19.5 Å². The van der Waals surface area contributed by atoms with Crippen molar-refractivity contribution in [2.24, 2.45) is 0 Å². The van der Waals surface area contributed by atoms with Gasteiger partial charge in [0.25, 0.3) is 11.8 Å². The third-order valence-electron chi connectivity index (χ3n) is 4.18. The van der Waals surface area contributed by atoms with Gasteiger partial charge in [0, 0.05) is 18.1 Å². The highest BCUT2D eigenvalue weighted by atomic mass is 32.2. The molecule has 1 aromatic carbocycles. The number of nitrogens with zero attached hydrogens (tertiary/aromatic N) is 2. The summed E-state index contributed by atoms with van der Waals surface area (Å²) in [5, 5.41) is 9.17. The highest BCUT2D eigenvalue weighted by Gasteiger charge is 2.39. The van der Waals surface area contributed by atoms with Crippen LogP contribution in [0.5, 0.6) is 0 Å². The first kappa shape index (κ1) is 18.4. The first-order valence-corrected chi connectivity index (χ1v) is 9.32. The Morgan fingerprint density at radius 3 is 2.62 bits per heavy atom. The molecule has 0 radical (unpaired) electrons. The van der Waals surface area contributed by atoms with Gasteiger partial charge < -0.3 is 5.11 Å². The monoisotopic (exact) mass is 368 g/mol. The van der Waals surface area contributed by atoms with Gasteiger partial charge in [0.05, 0.1) is 23.6 Å². The van der Waals surface area contributed by atoms with E-state index in [-0.39, 0.29) is 25.0 Å². The molecule has 26 heavy (non-hydrogen) atoms. The number of hydrogen-bond acceptors (Lipinski definition) is 5. The maximum atomic E-state index is 13.1. The topological polar surface area (TPSA) is 70.5 Å². The fourth-order valence-corrected chi connectivity index (χ4v) is 3.86. The van der Waals surface area contributed by atoms with Gasteiger partial charge in [0.15, 0.2) is 0 Å². The Morgan fingerprint density at radius 2 is 1.96 bits per heavy atom. The number of aliphatic hydroxyl groups is 1. The number of pyridine rings is 1. The van der Waals surface area contributed by atoms with E-state index in [2.05, 4.69) is 4.98 Å². The average molecular weight is 368 g/mol. The minimum atomic E-state index is -0.313. The fraction of sp³-hybridized carbons (Fsp3) is 0.250. The molecule has 1 aromatic heterocycles. The van der Waals surface area contributed by atoms with Gasteiger partial charge in [-0.05, 0) is 36.6 Å². The third-order valence-corrected chi connectivity index (χ3v) is 5.23. The zero-order chi connectivity index (χ0) is 18.7. The average Bonchev–Trinajstić information content (AvgIpc) is 2.85. The molecule has 3 rings (SSSR count). The molecule has 0 saturated carbocycles. The minimum Gasteiger partial charge on any atom is -0.396 e. The van der Waals surface area contributed by atoms with Crippen molar-refractivity contribution in [1.29, 1.82) is 0 Å². The lowest BCUT2D eigenvalue weighted by atomic mass is 9.99. The minimum absolute atomic E-state index is 0.0571. The van der Waals surface area contributed by atoms with Crippen LogP contribution in [0.1, 0.15) is 22.3 Å². The van der Waals surface area contributed by atoms with Crippen molar-refractivity contribution in [1.82, 2.24) is 9.88 Å². The Hall–Kier alpha value is -2.44. The smallest absolute Gasteiger partial charge is 0.268 e. The number of rotatable bonds is 6. The standard InChI is InChI=1S/C20H20N2O3S/c1-13-5-6-16(14(2)10-13)17-18(26-9-8-23)20(25)22(19(17)24)12-15-4-3-7-21-11-15/h3-7,10-11,23H,8-9,12H2,1-2H3. The van der Waals surface area contributed by atoms with Gasteiger partial charge in [-0.2, -0.15) is 0 Å². The summed E-state index contributed by atoms with van der Waals surface area (Å²) in [4.78, 5) is 31.7. The zero-order valence-electron chi connectivity index (χ0n) is 14.7. The van der Waals surface area contributed by atoms with Crippen molar-refractivity contribution in [3.8, 4) is 0 Å². The summed E-state index contributed by atoms with van der Waals surface area (Å²) in [6.45, 7) is 4.05. The molecule has 1 aliphatic heterocycles. The maximum absolute atomic E-state index is 13.1. The van der Waals surface area contributed by atoms with Crippen LogP contribution in [0.4, 0.5) is 0 Å². The molecule has 2 aromatic rings. The highest BCUT2D eigenvalue weighted by molar-refractivity contribution is 8.04. The Bertz CT molecular complexity index is 878. The number of carbonyl (C=O) groups is 2. The lowest BCUT2D eigenvalue weighted by molar-refractivity contribution is -0.137. The number of aryl methyl sites for hydroxylation is 2. The van der Waals surface area contributed by atoms with E-state index in [1.165, 1.54) is 16.7 Å². The van der Waals surface area contributed by atoms with E-state index in [1.807, 2.05) is 38.1 Å². The molecule has 0 aliphatic carbocycles. The molecule has 0 saturated heterocycles. The number of aliphatic hydroxyl groups excluding tert-OH is 1. The maximum Gasteiger partial charge on any atom is 0.268 e. The molecular weight excluding hydrogens is 348 g/mol. The van der Waals surface area contributed by atoms with Gasteiger partial charge in [-0.25, -0.2) is 0 Å². The summed E-state index contributed by atoms with van der Waals surface area (Å²) in [6.07, 6.45) is 3.30. The van der Waals surface area contributed by atoms with Crippen molar-refractivity contribution in [2.75, 3.05) is 12.4 Å². The fourth-order valence-electron chi connectivity index (χ4n) is 2.98. The number of benzene rings is 1. The Labute approximate surface area is 156 Å². The van der Waals surface area contributed by atoms with Gasteiger partial charge in [-0.15, -0.1) is 11.8 Å². The largest absolute Gasteiger partial charge is 0.396 e. The van der Waals surface area contributed by atoms with Crippen molar-refractivity contribution in [3.05, 3.63) is 69.9 Å². The Morgan fingerprint density at radius 1 is 1.15 bits per heavy atom. The molecule has 0 bridgehead atoms. The second-order valence-electron chi connectivity index (χ2n) is 6.15. The molecule has 2 heterocycles. The Balaban J connectivity index is 2.01. The van der Waals surface area contributed by atoms with Crippen LogP contribution >= 0.6 is 11.8 Å². The second kappa shape index (κ2) is 7.85. The lowest BCUT2D eigenvalue weighted by Crippen LogP contribution is -2.31. The predicted molar refractivity (Wildman–Crippen MR) is 102 cm³/mol. The van der Waals surface area contributed by atoms with E-state index in [0.717, 1.165) is 22.3 Å². The molecule has 0 unspecified atom stereocenters. The molecule has 6 heteroatoms. The van der Waals surface area contributed by atoms with E-state index in [9.17, 15) is 9.59 Å². The van der Waals surface area contributed by atoms with Crippen LogP contribution in [-0.4, -0.2) is 39.2 Å². The van der Waals surface area contributed by atoms with Crippen molar-refractivity contribution >= 4 is 29.1 Å². The Kier molecular flexibility index (Phi) is 5.54. The second-order valence-corrected chi connectivity index (χ2v) is 7.26. The van der Waals surface area contributed by atoms with Crippen LogP contribution in [0.15, 0.2) is 47.6 Å². The van der Waals surface area contributed by atoms with Crippen molar-refractivity contribution in [2.45, 2.75) is 20.4 Å². The summed E-state index contributed by atoms with van der Waals surface area (Å²) < 4.78 is 0. The third kappa shape index (κ3) is 3.57. The number of hydrogen-bond donors (Lipinski definition) is 1. The molecule has 0 fully saturated rings. The lowest BCUT2D eigenvalue weighted by Gasteiger charge is -2.15. The summed E-state index contributed by atoms with van der Waals surface area (Å²) in [5.74, 6) is -0.248. The summed E-state index contributed by atoms with van der Waals surface area (Å²) in [5.41, 5.74) is 4.03. The SMILES string of the molecule is Cc1ccc(C2=C(SCCO)C(=O)N(Cc3cccnc3)C2=O)c(C)c1. The van der Waals surface area contributed by atoms with E-state index in [0.29, 0.717) is 16.2 Å². The number of amides is 2. The van der Waals surface area contributed by atoms with Crippen LogP contribution < -0.4 is 0 Å². The van der Waals surface area contributed by atoms with E-state index in [4.69, 9.17) is 5.11 Å². The van der Waals surface area contributed by atoms with Crippen LogP contribution in [0, 0.1) is 13.8 Å². The molecule has 5 nitrogen and oxygen atoms in total. The molecule has 0 atom stereocenters. The number of aromatic nitrogens is 1. The highest BCUT2D eigenvalue weighted by Crippen LogP contribution is 2.37. The molecule has 1 N–H and O–H groups in total. The summed E-state index contributed by atoms with van der Waals surface area (Å²) in [6, 6.07) is 9.44. The first-order chi connectivity index (χ1) is 12.5. The van der Waals surface area contributed by atoms with Crippen molar-refractivity contribution < 1.29 is 14.7 Å². The number of imide groups is 1. The van der Waals surface area contributed by atoms with Gasteiger partial charge in [-0.1, -0.05) is 29.8 Å². The molecule has 2 amide bonds. The van der Waals surface area contributed by atoms with E-state index >= 15 is 0 Å². The van der Waals surface area contributed by atoms with Crippen LogP contribution in [0.3, 0.4) is 0 Å². The number of thioether (sulfide) groups is 1. The van der Waals surface area contributed by atoms with Gasteiger partial charge in [0.2, 0.25) is 0 Å². The predicted octanol–water partition coefficient (Wildman–Crippen LogP) is 2.70. The quantitative estimate of drug-likeness (QED) is 0.794. The molecule has 1 aliphatic rings. The zero-order valence-corrected chi connectivity index (χ0v) is 15.5. The van der Waals surface area contributed by atoms with Crippen LogP contribution in [0.25, 0.3) is 5.57 Å². The number of carbonyl (C=O) groups excluding carboxylic acids is 2. The van der Waals surface area contributed by atoms with Gasteiger partial charge >= 0.3 is 0 Å². The van der Waals surface area contributed by atoms with E-state index in [1.54, 1.807) is 18.5 Å². The normalized spacial score (nSPS) is 14.5. The summed E-state index contributed by atoms with van der Waals surface area (Å²) >= 11 is 1.23. The molecule has 0 spiro atoms. The van der Waals surface area contributed by atoms with Crippen molar-refractivity contribution in [3.63, 3.8) is 0 Å². The molecular formula is C20H20N2O3S. The first-order valence-electron chi connectivity index (χ1n) is 8.33. The van der Waals surface area contributed by atoms with E-state index < -0.39 is 0 Å². The van der Waals surface area contributed by atoms with Gasteiger partial charge in [0.1, 0.15) is 0 Å². The summed E-state index contributed by atoms with van der Waals surface area (Å²) in [7, 11) is 0.